The number of aliphatic hydroxyl groups excluding tert-OH is 1. The lowest BCUT2D eigenvalue weighted by Gasteiger charge is -2.31. The molecular formula is C22H24ClN3O. The molecule has 0 saturated carbocycles. The first-order chi connectivity index (χ1) is 13.1. The third-order valence-electron chi connectivity index (χ3n) is 6.18. The lowest BCUT2D eigenvalue weighted by atomic mass is 9.95. The molecule has 5 rings (SSSR count). The molecule has 2 aliphatic heterocycles. The van der Waals surface area contributed by atoms with Gasteiger partial charge in [0.1, 0.15) is 0 Å². The minimum atomic E-state index is -0.577. The van der Waals surface area contributed by atoms with Gasteiger partial charge >= 0.3 is 0 Å². The first kappa shape index (κ1) is 17.2. The van der Waals surface area contributed by atoms with Crippen molar-refractivity contribution in [2.24, 2.45) is 0 Å². The molecule has 4 nitrogen and oxygen atoms in total. The normalized spacial score (nSPS) is 20.6. The van der Waals surface area contributed by atoms with E-state index in [2.05, 4.69) is 27.4 Å². The average molecular weight is 382 g/mol. The monoisotopic (exact) mass is 381 g/mol. The van der Waals surface area contributed by atoms with Crippen LogP contribution in [0, 0.1) is 6.92 Å². The Kier molecular flexibility index (Phi) is 4.23. The number of fused-ring (bicyclic) bond motifs is 5. The number of hydrogen-bond acceptors (Lipinski definition) is 3. The van der Waals surface area contributed by atoms with E-state index >= 15 is 0 Å². The highest BCUT2D eigenvalue weighted by Gasteiger charge is 2.36. The number of rotatable bonds is 3. The van der Waals surface area contributed by atoms with Crippen molar-refractivity contribution in [2.75, 3.05) is 13.1 Å². The fraction of sp³-hybridized carbons (Fsp3) is 0.409. The van der Waals surface area contributed by atoms with Gasteiger partial charge in [-0.1, -0.05) is 11.6 Å². The zero-order valence-corrected chi connectivity index (χ0v) is 16.3. The van der Waals surface area contributed by atoms with Crippen LogP contribution < -0.4 is 0 Å². The predicted molar refractivity (Wildman–Crippen MR) is 108 cm³/mol. The summed E-state index contributed by atoms with van der Waals surface area (Å²) in [7, 11) is 0. The highest BCUT2D eigenvalue weighted by molar-refractivity contribution is 6.35. The summed E-state index contributed by atoms with van der Waals surface area (Å²) in [6.07, 6.45) is 6.37. The molecule has 0 amide bonds. The maximum Gasteiger partial charge on any atom is 0.0970 e. The highest BCUT2D eigenvalue weighted by atomic mass is 35.5. The van der Waals surface area contributed by atoms with Crippen LogP contribution in [0.3, 0.4) is 0 Å². The molecule has 1 aromatic carbocycles. The van der Waals surface area contributed by atoms with Crippen molar-refractivity contribution in [3.05, 3.63) is 64.1 Å². The van der Waals surface area contributed by atoms with Gasteiger partial charge in [-0.15, -0.1) is 0 Å². The first-order valence-corrected chi connectivity index (χ1v) is 10.1. The van der Waals surface area contributed by atoms with Gasteiger partial charge in [0.25, 0.3) is 0 Å². The summed E-state index contributed by atoms with van der Waals surface area (Å²) in [5.41, 5.74) is 5.96. The maximum atomic E-state index is 10.9. The number of pyridine rings is 1. The Hall–Kier alpha value is -1.88. The predicted octanol–water partition coefficient (Wildman–Crippen LogP) is 4.42. The molecule has 0 bridgehead atoms. The largest absolute Gasteiger partial charge is 0.387 e. The van der Waals surface area contributed by atoms with Gasteiger partial charge in [-0.05, 0) is 67.3 Å². The van der Waals surface area contributed by atoms with Crippen molar-refractivity contribution in [3.8, 4) is 0 Å². The lowest BCUT2D eigenvalue weighted by Crippen LogP contribution is -2.31. The Morgan fingerprint density at radius 1 is 1.26 bits per heavy atom. The molecule has 2 aliphatic rings. The van der Waals surface area contributed by atoms with Crippen molar-refractivity contribution in [1.82, 2.24) is 14.5 Å². The molecule has 27 heavy (non-hydrogen) atoms. The molecule has 0 radical (unpaired) electrons. The summed E-state index contributed by atoms with van der Waals surface area (Å²) in [6.45, 7) is 4.91. The smallest absolute Gasteiger partial charge is 0.0970 e. The molecule has 2 atom stereocenters. The number of nitrogens with zero attached hydrogens (tertiary/aromatic N) is 3. The minimum Gasteiger partial charge on any atom is -0.387 e. The van der Waals surface area contributed by atoms with Crippen molar-refractivity contribution < 1.29 is 5.11 Å². The van der Waals surface area contributed by atoms with Gasteiger partial charge in [-0.2, -0.15) is 0 Å². The van der Waals surface area contributed by atoms with Crippen LogP contribution in [-0.4, -0.2) is 32.6 Å². The Labute approximate surface area is 164 Å². The van der Waals surface area contributed by atoms with Gasteiger partial charge in [0, 0.05) is 42.5 Å². The van der Waals surface area contributed by atoms with Crippen LogP contribution in [0.2, 0.25) is 5.02 Å². The van der Waals surface area contributed by atoms with E-state index in [4.69, 9.17) is 11.6 Å². The zero-order chi connectivity index (χ0) is 18.5. The van der Waals surface area contributed by atoms with Crippen molar-refractivity contribution in [2.45, 2.75) is 44.9 Å². The summed E-state index contributed by atoms with van der Waals surface area (Å²) in [5.74, 6) is 0. The summed E-state index contributed by atoms with van der Waals surface area (Å²) in [5, 5.41) is 12.9. The number of halogens is 1. The molecule has 5 heteroatoms. The SMILES string of the molecule is Cc1cc(Cl)c2c(c1)c1c(n2C[C@@H](O)c2ccncc2)CCN2CCCC12. The Bertz CT molecular complexity index is 998. The van der Waals surface area contributed by atoms with Crippen molar-refractivity contribution in [3.63, 3.8) is 0 Å². The van der Waals surface area contributed by atoms with E-state index in [0.717, 1.165) is 29.1 Å². The van der Waals surface area contributed by atoms with E-state index in [9.17, 15) is 5.11 Å². The van der Waals surface area contributed by atoms with Gasteiger partial charge in [0.2, 0.25) is 0 Å². The molecule has 2 aromatic heterocycles. The van der Waals surface area contributed by atoms with Crippen LogP contribution in [0.15, 0.2) is 36.7 Å². The Balaban J connectivity index is 1.68. The van der Waals surface area contributed by atoms with Gasteiger partial charge in [0.15, 0.2) is 0 Å². The van der Waals surface area contributed by atoms with Crippen LogP contribution in [0.1, 0.15) is 47.4 Å². The molecule has 1 fully saturated rings. The standard InChI is InChI=1S/C22H24ClN3O/c1-14-11-16-21-18-3-2-9-25(18)10-6-19(21)26(22(16)17(23)12-14)13-20(27)15-4-7-24-8-5-15/h4-5,7-8,11-12,18,20,27H,2-3,6,9-10,13H2,1H3/t18?,20-/m1/s1. The molecule has 1 unspecified atom stereocenters. The zero-order valence-electron chi connectivity index (χ0n) is 15.5. The molecular weight excluding hydrogens is 358 g/mol. The minimum absolute atomic E-state index is 0.494. The summed E-state index contributed by atoms with van der Waals surface area (Å²) in [4.78, 5) is 6.67. The van der Waals surface area contributed by atoms with Crippen molar-refractivity contribution >= 4 is 22.5 Å². The quantitative estimate of drug-likeness (QED) is 0.729. The number of aliphatic hydroxyl groups is 1. The second-order valence-corrected chi connectivity index (χ2v) is 8.26. The number of aromatic nitrogens is 2. The molecule has 0 aliphatic carbocycles. The summed E-state index contributed by atoms with van der Waals surface area (Å²) < 4.78 is 2.28. The molecule has 1 saturated heterocycles. The number of aryl methyl sites for hydroxylation is 1. The molecule has 140 valence electrons. The van der Waals surface area contributed by atoms with Crippen LogP contribution >= 0.6 is 11.6 Å². The Morgan fingerprint density at radius 2 is 2.07 bits per heavy atom. The first-order valence-electron chi connectivity index (χ1n) is 9.76. The summed E-state index contributed by atoms with van der Waals surface area (Å²) in [6, 6.07) is 8.57. The average Bonchev–Trinajstić information content (AvgIpc) is 3.25. The third kappa shape index (κ3) is 2.78. The van der Waals surface area contributed by atoms with E-state index in [1.807, 2.05) is 18.2 Å². The van der Waals surface area contributed by atoms with Crippen LogP contribution in [0.25, 0.3) is 10.9 Å². The highest BCUT2D eigenvalue weighted by Crippen LogP contribution is 2.45. The Morgan fingerprint density at radius 3 is 2.89 bits per heavy atom. The van der Waals surface area contributed by atoms with E-state index in [1.54, 1.807) is 12.4 Å². The second-order valence-electron chi connectivity index (χ2n) is 7.85. The number of benzene rings is 1. The lowest BCUT2D eigenvalue weighted by molar-refractivity contribution is 0.155. The van der Waals surface area contributed by atoms with E-state index in [1.165, 1.54) is 41.6 Å². The molecule has 3 aromatic rings. The molecule has 4 heterocycles. The van der Waals surface area contributed by atoms with Gasteiger partial charge in [-0.25, -0.2) is 0 Å². The van der Waals surface area contributed by atoms with Crippen LogP contribution in [-0.2, 0) is 13.0 Å². The van der Waals surface area contributed by atoms with E-state index in [0.29, 0.717) is 12.6 Å². The maximum absolute atomic E-state index is 10.9. The van der Waals surface area contributed by atoms with Crippen LogP contribution in [0.4, 0.5) is 0 Å². The van der Waals surface area contributed by atoms with E-state index < -0.39 is 6.10 Å². The van der Waals surface area contributed by atoms with Crippen LogP contribution in [0.5, 0.6) is 0 Å². The summed E-state index contributed by atoms with van der Waals surface area (Å²) >= 11 is 6.73. The fourth-order valence-corrected chi connectivity index (χ4v) is 5.40. The van der Waals surface area contributed by atoms with Gasteiger partial charge < -0.3 is 9.67 Å². The third-order valence-corrected chi connectivity index (χ3v) is 6.47. The van der Waals surface area contributed by atoms with Crippen molar-refractivity contribution in [1.29, 1.82) is 0 Å². The van der Waals surface area contributed by atoms with Gasteiger partial charge in [0.05, 0.1) is 23.2 Å². The number of hydrogen-bond donors (Lipinski definition) is 1. The molecule has 1 N–H and O–H groups in total. The molecule has 0 spiro atoms. The topological polar surface area (TPSA) is 41.3 Å². The second kappa shape index (κ2) is 6.62. The van der Waals surface area contributed by atoms with E-state index in [-0.39, 0.29) is 0 Å². The van der Waals surface area contributed by atoms with Gasteiger partial charge in [-0.3, -0.25) is 9.88 Å². The fourth-order valence-electron chi connectivity index (χ4n) is 5.03.